The van der Waals surface area contributed by atoms with E-state index < -0.39 is 10.0 Å². The minimum absolute atomic E-state index is 0.0999. The van der Waals surface area contributed by atoms with Crippen LogP contribution in [0, 0.1) is 0 Å². The van der Waals surface area contributed by atoms with Gasteiger partial charge in [0.05, 0.1) is 29.9 Å². The molecule has 7 nitrogen and oxygen atoms in total. The van der Waals surface area contributed by atoms with Gasteiger partial charge in [0.15, 0.2) is 0 Å². The second-order valence-electron chi connectivity index (χ2n) is 7.07. The molecular formula is C22H26N2O5S. The molecule has 1 amide bonds. The van der Waals surface area contributed by atoms with E-state index in [0.717, 1.165) is 5.56 Å². The first-order valence-electron chi connectivity index (χ1n) is 9.79. The highest BCUT2D eigenvalue weighted by molar-refractivity contribution is 7.89. The van der Waals surface area contributed by atoms with E-state index in [0.29, 0.717) is 37.7 Å². The van der Waals surface area contributed by atoms with Gasteiger partial charge < -0.3 is 14.8 Å². The van der Waals surface area contributed by atoms with Gasteiger partial charge in [-0.2, -0.15) is 4.31 Å². The van der Waals surface area contributed by atoms with Gasteiger partial charge in [-0.25, -0.2) is 8.42 Å². The van der Waals surface area contributed by atoms with Crippen molar-refractivity contribution in [3.8, 4) is 5.75 Å². The fourth-order valence-corrected chi connectivity index (χ4v) is 4.41. The van der Waals surface area contributed by atoms with Crippen molar-refractivity contribution in [1.82, 2.24) is 4.31 Å². The molecule has 2 aromatic carbocycles. The lowest BCUT2D eigenvalue weighted by Crippen LogP contribution is -2.40. The SMILES string of the molecule is CC(C)Oc1ccc(S(=O)(=O)N2CCOCC2)cc1NC(=O)C=Cc1ccccc1. The molecule has 0 spiro atoms. The summed E-state index contributed by atoms with van der Waals surface area (Å²) in [6, 6.07) is 13.9. The number of nitrogens with one attached hydrogen (secondary N) is 1. The first kappa shape index (κ1) is 22.0. The third-order valence-electron chi connectivity index (χ3n) is 4.41. The molecule has 1 aliphatic heterocycles. The zero-order chi connectivity index (χ0) is 21.6. The average molecular weight is 431 g/mol. The molecule has 1 saturated heterocycles. The number of carbonyl (C=O) groups excluding carboxylic acids is 1. The van der Waals surface area contributed by atoms with Gasteiger partial charge in [0.2, 0.25) is 15.9 Å². The molecule has 0 aromatic heterocycles. The first-order valence-corrected chi connectivity index (χ1v) is 11.2. The first-order chi connectivity index (χ1) is 14.4. The number of ether oxygens (including phenoxy) is 2. The number of carbonyl (C=O) groups is 1. The third kappa shape index (κ3) is 5.69. The minimum atomic E-state index is -3.69. The van der Waals surface area contributed by atoms with Crippen molar-refractivity contribution in [2.45, 2.75) is 24.8 Å². The molecule has 1 heterocycles. The maximum atomic E-state index is 13.0. The van der Waals surface area contributed by atoms with Gasteiger partial charge in [0, 0.05) is 19.2 Å². The van der Waals surface area contributed by atoms with Gasteiger partial charge >= 0.3 is 0 Å². The molecule has 160 valence electrons. The van der Waals surface area contributed by atoms with Crippen molar-refractivity contribution in [2.75, 3.05) is 31.6 Å². The lowest BCUT2D eigenvalue weighted by Gasteiger charge is -2.26. The Bertz CT molecular complexity index is 997. The molecule has 3 rings (SSSR count). The third-order valence-corrected chi connectivity index (χ3v) is 6.30. The molecule has 8 heteroatoms. The lowest BCUT2D eigenvalue weighted by atomic mass is 10.2. The Kier molecular flexibility index (Phi) is 7.25. The molecule has 0 radical (unpaired) electrons. The fraction of sp³-hybridized carbons (Fsp3) is 0.318. The second kappa shape index (κ2) is 9.88. The van der Waals surface area contributed by atoms with E-state index in [9.17, 15) is 13.2 Å². The normalized spacial score (nSPS) is 15.4. The van der Waals surface area contributed by atoms with E-state index in [2.05, 4.69) is 5.32 Å². The summed E-state index contributed by atoms with van der Waals surface area (Å²) in [7, 11) is -3.69. The van der Waals surface area contributed by atoms with Crippen LogP contribution >= 0.6 is 0 Å². The van der Waals surface area contributed by atoms with Crippen LogP contribution in [0.1, 0.15) is 19.4 Å². The van der Waals surface area contributed by atoms with Crippen molar-refractivity contribution in [2.24, 2.45) is 0 Å². The summed E-state index contributed by atoms with van der Waals surface area (Å²) in [5.41, 5.74) is 1.19. The van der Waals surface area contributed by atoms with E-state index in [-0.39, 0.29) is 16.9 Å². The predicted octanol–water partition coefficient (Wildman–Crippen LogP) is 3.15. The largest absolute Gasteiger partial charge is 0.489 e. The molecule has 0 aliphatic carbocycles. The second-order valence-corrected chi connectivity index (χ2v) is 9.01. The molecule has 30 heavy (non-hydrogen) atoms. The van der Waals surface area contributed by atoms with Crippen LogP contribution < -0.4 is 10.1 Å². The number of amides is 1. The standard InChI is InChI=1S/C22H26N2O5S/c1-17(2)29-21-10-9-19(30(26,27)24-12-14-28-15-13-24)16-20(21)23-22(25)11-8-18-6-4-3-5-7-18/h3-11,16-17H,12-15H2,1-2H3,(H,23,25). The number of hydrogen-bond donors (Lipinski definition) is 1. The zero-order valence-corrected chi connectivity index (χ0v) is 17.9. The summed E-state index contributed by atoms with van der Waals surface area (Å²) in [6.45, 7) is 5.05. The Labute approximate surface area is 177 Å². The number of morpholine rings is 1. The molecule has 0 atom stereocenters. The Morgan fingerprint density at radius 3 is 2.50 bits per heavy atom. The van der Waals surface area contributed by atoms with Gasteiger partial charge in [-0.05, 0) is 43.7 Å². The van der Waals surface area contributed by atoms with Crippen LogP contribution in [-0.4, -0.2) is 51.0 Å². The highest BCUT2D eigenvalue weighted by Crippen LogP contribution is 2.30. The predicted molar refractivity (Wildman–Crippen MR) is 116 cm³/mol. The van der Waals surface area contributed by atoms with Crippen LogP contribution in [0.4, 0.5) is 5.69 Å². The smallest absolute Gasteiger partial charge is 0.248 e. The zero-order valence-electron chi connectivity index (χ0n) is 17.1. The van der Waals surface area contributed by atoms with Gasteiger partial charge in [0.1, 0.15) is 5.75 Å². The van der Waals surface area contributed by atoms with E-state index >= 15 is 0 Å². The number of sulfonamides is 1. The number of nitrogens with zero attached hydrogens (tertiary/aromatic N) is 1. The highest BCUT2D eigenvalue weighted by Gasteiger charge is 2.27. The molecule has 1 fully saturated rings. The molecule has 1 N–H and O–H groups in total. The van der Waals surface area contributed by atoms with Gasteiger partial charge in [0.25, 0.3) is 0 Å². The fourth-order valence-electron chi connectivity index (χ4n) is 2.97. The van der Waals surface area contributed by atoms with Gasteiger partial charge in [-0.1, -0.05) is 30.3 Å². The van der Waals surface area contributed by atoms with Crippen LogP contribution in [0.5, 0.6) is 5.75 Å². The quantitative estimate of drug-likeness (QED) is 0.682. The van der Waals surface area contributed by atoms with Crippen molar-refractivity contribution in [3.05, 3.63) is 60.2 Å². The van der Waals surface area contributed by atoms with E-state index in [1.54, 1.807) is 12.1 Å². The van der Waals surface area contributed by atoms with Gasteiger partial charge in [-0.3, -0.25) is 4.79 Å². The van der Waals surface area contributed by atoms with Crippen LogP contribution in [-0.2, 0) is 19.6 Å². The van der Waals surface area contributed by atoms with Crippen LogP contribution in [0.3, 0.4) is 0 Å². The summed E-state index contributed by atoms with van der Waals surface area (Å²) in [6.07, 6.45) is 2.95. The number of rotatable bonds is 7. The molecule has 0 saturated carbocycles. The summed E-state index contributed by atoms with van der Waals surface area (Å²) < 4.78 is 38.3. The topological polar surface area (TPSA) is 84.9 Å². The van der Waals surface area contributed by atoms with E-state index in [4.69, 9.17) is 9.47 Å². The van der Waals surface area contributed by atoms with Crippen molar-refractivity contribution in [1.29, 1.82) is 0 Å². The maximum absolute atomic E-state index is 13.0. The molecule has 0 bridgehead atoms. The van der Waals surface area contributed by atoms with Crippen molar-refractivity contribution < 1.29 is 22.7 Å². The Morgan fingerprint density at radius 2 is 1.83 bits per heavy atom. The Balaban J connectivity index is 1.85. The molecule has 2 aromatic rings. The lowest BCUT2D eigenvalue weighted by molar-refractivity contribution is -0.111. The van der Waals surface area contributed by atoms with E-state index in [1.165, 1.54) is 22.5 Å². The molecule has 1 aliphatic rings. The maximum Gasteiger partial charge on any atom is 0.248 e. The van der Waals surface area contributed by atoms with Crippen LogP contribution in [0.25, 0.3) is 6.08 Å². The van der Waals surface area contributed by atoms with E-state index in [1.807, 2.05) is 44.2 Å². The minimum Gasteiger partial charge on any atom is -0.489 e. The van der Waals surface area contributed by atoms with Gasteiger partial charge in [-0.15, -0.1) is 0 Å². The molecule has 0 unspecified atom stereocenters. The number of benzene rings is 2. The highest BCUT2D eigenvalue weighted by atomic mass is 32.2. The van der Waals surface area contributed by atoms with Crippen molar-refractivity contribution in [3.63, 3.8) is 0 Å². The Hall–Kier alpha value is -2.68. The summed E-state index contributed by atoms with van der Waals surface area (Å²) in [4.78, 5) is 12.6. The average Bonchev–Trinajstić information content (AvgIpc) is 2.74. The number of anilines is 1. The van der Waals surface area contributed by atoms with Crippen molar-refractivity contribution >= 4 is 27.7 Å². The number of hydrogen-bond acceptors (Lipinski definition) is 5. The summed E-state index contributed by atoms with van der Waals surface area (Å²) >= 11 is 0. The Morgan fingerprint density at radius 1 is 1.13 bits per heavy atom. The van der Waals surface area contributed by atoms with Crippen LogP contribution in [0.2, 0.25) is 0 Å². The summed E-state index contributed by atoms with van der Waals surface area (Å²) in [5.74, 6) is 0.0285. The summed E-state index contributed by atoms with van der Waals surface area (Å²) in [5, 5.41) is 2.74. The van der Waals surface area contributed by atoms with Crippen LogP contribution in [0.15, 0.2) is 59.5 Å². The molecular weight excluding hydrogens is 404 g/mol. The monoisotopic (exact) mass is 430 g/mol.